The van der Waals surface area contributed by atoms with E-state index in [1.807, 2.05) is 0 Å². The summed E-state index contributed by atoms with van der Waals surface area (Å²) in [5.74, 6) is -0.687. The van der Waals surface area contributed by atoms with Crippen molar-refractivity contribution in [3.05, 3.63) is 29.8 Å². The molecule has 0 spiro atoms. The van der Waals surface area contributed by atoms with Crippen molar-refractivity contribution in [1.29, 1.82) is 0 Å². The van der Waals surface area contributed by atoms with Gasteiger partial charge in [0.15, 0.2) is 5.78 Å². The van der Waals surface area contributed by atoms with E-state index >= 15 is 0 Å². The van der Waals surface area contributed by atoms with Crippen LogP contribution in [0.3, 0.4) is 0 Å². The number of morpholine rings is 1. The normalized spacial score (nSPS) is 18.6. The van der Waals surface area contributed by atoms with Crippen molar-refractivity contribution >= 4 is 23.3 Å². The molecule has 2 rings (SSSR count). The van der Waals surface area contributed by atoms with Crippen LogP contribution in [0.2, 0.25) is 0 Å². The maximum absolute atomic E-state index is 11.9. The molecule has 0 aliphatic carbocycles. The molecule has 1 unspecified atom stereocenters. The van der Waals surface area contributed by atoms with Gasteiger partial charge in [-0.3, -0.25) is 14.4 Å². The van der Waals surface area contributed by atoms with Crippen LogP contribution in [0.25, 0.3) is 0 Å². The van der Waals surface area contributed by atoms with Crippen LogP contribution in [0.4, 0.5) is 5.69 Å². The number of hydrogen-bond acceptors (Lipinski definition) is 4. The first-order valence-corrected chi connectivity index (χ1v) is 5.85. The Morgan fingerprint density at radius 3 is 2.58 bits per heavy atom. The van der Waals surface area contributed by atoms with Gasteiger partial charge in [0.05, 0.1) is 6.61 Å². The Hall–Kier alpha value is -2.21. The Bertz CT molecular complexity index is 510. The van der Waals surface area contributed by atoms with Crippen LogP contribution in [-0.4, -0.2) is 36.9 Å². The average Bonchev–Trinajstić information content (AvgIpc) is 2.39. The zero-order valence-electron chi connectivity index (χ0n) is 10.4. The number of Topliss-reactive ketones (excluding diaryl/α,β-unsaturated/α-hetero) is 1. The van der Waals surface area contributed by atoms with Crippen LogP contribution in [0, 0.1) is 0 Å². The number of amides is 2. The highest BCUT2D eigenvalue weighted by atomic mass is 16.5. The standard InChI is InChI=1S/C13H14N2O4/c1-8(16)9-2-4-10(5-3-9)14-13(18)11-6-19-7-12(17)15-11/h2-5,11H,6-7H2,1H3,(H,14,18)(H,15,17). The molecule has 1 aliphatic rings. The molecule has 1 saturated heterocycles. The van der Waals surface area contributed by atoms with Gasteiger partial charge in [-0.1, -0.05) is 0 Å². The number of rotatable bonds is 3. The Labute approximate surface area is 110 Å². The lowest BCUT2D eigenvalue weighted by Crippen LogP contribution is -2.51. The highest BCUT2D eigenvalue weighted by Gasteiger charge is 2.25. The molecule has 100 valence electrons. The third kappa shape index (κ3) is 3.38. The highest BCUT2D eigenvalue weighted by molar-refractivity contribution is 5.99. The van der Waals surface area contributed by atoms with E-state index in [0.29, 0.717) is 11.3 Å². The summed E-state index contributed by atoms with van der Waals surface area (Å²) in [4.78, 5) is 34.1. The third-order valence-corrected chi connectivity index (χ3v) is 2.73. The van der Waals surface area contributed by atoms with Gasteiger partial charge >= 0.3 is 0 Å². The summed E-state index contributed by atoms with van der Waals surface area (Å²) in [5.41, 5.74) is 1.14. The van der Waals surface area contributed by atoms with Gasteiger partial charge in [-0.05, 0) is 31.2 Å². The predicted molar refractivity (Wildman–Crippen MR) is 67.8 cm³/mol. The summed E-state index contributed by atoms with van der Waals surface area (Å²) in [6.07, 6.45) is 0. The number of benzene rings is 1. The quantitative estimate of drug-likeness (QED) is 0.769. The molecule has 0 radical (unpaired) electrons. The van der Waals surface area contributed by atoms with Crippen molar-refractivity contribution in [2.45, 2.75) is 13.0 Å². The van der Waals surface area contributed by atoms with Crippen LogP contribution in [0.5, 0.6) is 0 Å². The number of ether oxygens (including phenoxy) is 1. The summed E-state index contributed by atoms with van der Waals surface area (Å²) in [7, 11) is 0. The largest absolute Gasteiger partial charge is 0.369 e. The van der Waals surface area contributed by atoms with E-state index in [4.69, 9.17) is 4.74 Å². The maximum atomic E-state index is 11.9. The minimum atomic E-state index is -0.686. The molecule has 19 heavy (non-hydrogen) atoms. The highest BCUT2D eigenvalue weighted by Crippen LogP contribution is 2.10. The summed E-state index contributed by atoms with van der Waals surface area (Å²) in [6.45, 7) is 1.61. The smallest absolute Gasteiger partial charge is 0.249 e. The fourth-order valence-corrected chi connectivity index (χ4v) is 1.71. The zero-order valence-corrected chi connectivity index (χ0v) is 10.4. The summed E-state index contributed by atoms with van der Waals surface area (Å²) >= 11 is 0. The van der Waals surface area contributed by atoms with Crippen LogP contribution in [0.15, 0.2) is 24.3 Å². The number of anilines is 1. The van der Waals surface area contributed by atoms with E-state index in [9.17, 15) is 14.4 Å². The SMILES string of the molecule is CC(=O)c1ccc(NC(=O)C2COCC(=O)N2)cc1. The number of nitrogens with one attached hydrogen (secondary N) is 2. The molecule has 1 aromatic rings. The van der Waals surface area contributed by atoms with Crippen LogP contribution in [0.1, 0.15) is 17.3 Å². The van der Waals surface area contributed by atoms with E-state index in [1.54, 1.807) is 24.3 Å². The molecular formula is C13H14N2O4. The van der Waals surface area contributed by atoms with Gasteiger partial charge in [0.25, 0.3) is 0 Å². The maximum Gasteiger partial charge on any atom is 0.249 e. The second kappa shape index (κ2) is 5.62. The minimum Gasteiger partial charge on any atom is -0.369 e. The molecule has 2 amide bonds. The van der Waals surface area contributed by atoms with E-state index in [2.05, 4.69) is 10.6 Å². The van der Waals surface area contributed by atoms with E-state index in [1.165, 1.54) is 6.92 Å². The van der Waals surface area contributed by atoms with Crippen molar-refractivity contribution in [2.75, 3.05) is 18.5 Å². The first-order chi connectivity index (χ1) is 9.06. The monoisotopic (exact) mass is 262 g/mol. The Balaban J connectivity index is 1.98. The average molecular weight is 262 g/mol. The molecular weight excluding hydrogens is 248 g/mol. The third-order valence-electron chi connectivity index (χ3n) is 2.73. The second-order valence-electron chi connectivity index (χ2n) is 4.26. The first-order valence-electron chi connectivity index (χ1n) is 5.85. The first kappa shape index (κ1) is 13.2. The van der Waals surface area contributed by atoms with E-state index < -0.39 is 6.04 Å². The lowest BCUT2D eigenvalue weighted by atomic mass is 10.1. The Morgan fingerprint density at radius 1 is 1.32 bits per heavy atom. The van der Waals surface area contributed by atoms with Gasteiger partial charge < -0.3 is 15.4 Å². The van der Waals surface area contributed by atoms with Gasteiger partial charge in [-0.2, -0.15) is 0 Å². The molecule has 1 fully saturated rings. The fourth-order valence-electron chi connectivity index (χ4n) is 1.71. The second-order valence-corrected chi connectivity index (χ2v) is 4.26. The van der Waals surface area contributed by atoms with Crippen LogP contribution in [-0.2, 0) is 14.3 Å². The molecule has 2 N–H and O–H groups in total. The molecule has 0 bridgehead atoms. The van der Waals surface area contributed by atoms with Gasteiger partial charge in [0, 0.05) is 11.3 Å². The van der Waals surface area contributed by atoms with Gasteiger partial charge in [-0.15, -0.1) is 0 Å². The number of ketones is 1. The van der Waals surface area contributed by atoms with Crippen molar-refractivity contribution in [3.63, 3.8) is 0 Å². The van der Waals surface area contributed by atoms with Gasteiger partial charge in [0.1, 0.15) is 12.6 Å². The van der Waals surface area contributed by atoms with Gasteiger partial charge in [-0.25, -0.2) is 0 Å². The van der Waals surface area contributed by atoms with Crippen molar-refractivity contribution in [2.24, 2.45) is 0 Å². The van der Waals surface area contributed by atoms with Crippen LogP contribution < -0.4 is 10.6 Å². The van der Waals surface area contributed by atoms with E-state index in [0.717, 1.165) is 0 Å². The number of hydrogen-bond donors (Lipinski definition) is 2. The summed E-state index contributed by atoms with van der Waals surface area (Å²) in [6, 6.07) is 5.86. The molecule has 0 saturated carbocycles. The molecule has 6 heteroatoms. The number of carbonyl (C=O) groups excluding carboxylic acids is 3. The van der Waals surface area contributed by atoms with Crippen LogP contribution >= 0.6 is 0 Å². The Morgan fingerprint density at radius 2 is 2.00 bits per heavy atom. The molecule has 6 nitrogen and oxygen atoms in total. The molecule has 1 heterocycles. The predicted octanol–water partition coefficient (Wildman–Crippen LogP) is 0.343. The lowest BCUT2D eigenvalue weighted by molar-refractivity contribution is -0.136. The van der Waals surface area contributed by atoms with Crippen molar-refractivity contribution in [3.8, 4) is 0 Å². The number of carbonyl (C=O) groups is 3. The minimum absolute atomic E-state index is 0.0168. The molecule has 1 atom stereocenters. The zero-order chi connectivity index (χ0) is 13.8. The molecule has 1 aliphatic heterocycles. The molecule has 0 aromatic heterocycles. The van der Waals surface area contributed by atoms with Gasteiger partial charge in [0.2, 0.25) is 11.8 Å². The summed E-state index contributed by atoms with van der Waals surface area (Å²) < 4.78 is 4.99. The fraction of sp³-hybridized carbons (Fsp3) is 0.308. The van der Waals surface area contributed by atoms with Crippen molar-refractivity contribution < 1.29 is 19.1 Å². The molecule has 1 aromatic carbocycles. The lowest BCUT2D eigenvalue weighted by Gasteiger charge is -2.22. The van der Waals surface area contributed by atoms with E-state index in [-0.39, 0.29) is 30.8 Å². The Kier molecular flexibility index (Phi) is 3.91. The topological polar surface area (TPSA) is 84.5 Å². The van der Waals surface area contributed by atoms with Crippen molar-refractivity contribution in [1.82, 2.24) is 5.32 Å². The summed E-state index contributed by atoms with van der Waals surface area (Å²) in [5, 5.41) is 5.19.